The minimum Gasteiger partial charge on any atom is -0.481 e. The van der Waals surface area contributed by atoms with Gasteiger partial charge in [0, 0.05) is 26.2 Å². The predicted molar refractivity (Wildman–Crippen MR) is 64.3 cm³/mol. The van der Waals surface area contributed by atoms with E-state index >= 15 is 0 Å². The zero-order valence-corrected chi connectivity index (χ0v) is 10.4. The number of amides is 2. The van der Waals surface area contributed by atoms with E-state index in [4.69, 9.17) is 9.84 Å². The minimum absolute atomic E-state index is 0.112. The summed E-state index contributed by atoms with van der Waals surface area (Å²) >= 11 is 0. The van der Waals surface area contributed by atoms with Crippen LogP contribution in [0.15, 0.2) is 0 Å². The van der Waals surface area contributed by atoms with Crippen molar-refractivity contribution in [2.24, 2.45) is 5.92 Å². The fourth-order valence-corrected chi connectivity index (χ4v) is 2.43. The number of carboxylic acids is 1. The van der Waals surface area contributed by atoms with Crippen LogP contribution in [0.5, 0.6) is 0 Å². The van der Waals surface area contributed by atoms with Crippen molar-refractivity contribution in [1.82, 2.24) is 10.2 Å². The van der Waals surface area contributed by atoms with E-state index in [-0.39, 0.29) is 12.1 Å². The van der Waals surface area contributed by atoms with E-state index in [0.717, 1.165) is 25.9 Å². The average molecular weight is 256 g/mol. The van der Waals surface area contributed by atoms with Crippen LogP contribution in [0.4, 0.5) is 4.79 Å². The molecule has 0 radical (unpaired) electrons. The highest BCUT2D eigenvalue weighted by molar-refractivity contribution is 5.77. The summed E-state index contributed by atoms with van der Waals surface area (Å²) in [7, 11) is 0. The van der Waals surface area contributed by atoms with E-state index in [9.17, 15) is 9.59 Å². The lowest BCUT2D eigenvalue weighted by Gasteiger charge is -2.24. The first-order chi connectivity index (χ1) is 8.66. The molecule has 0 aliphatic carbocycles. The van der Waals surface area contributed by atoms with E-state index in [1.807, 2.05) is 0 Å². The van der Waals surface area contributed by atoms with Crippen molar-refractivity contribution in [3.8, 4) is 0 Å². The van der Waals surface area contributed by atoms with Gasteiger partial charge in [0.25, 0.3) is 0 Å². The first kappa shape index (κ1) is 13.1. The molecule has 102 valence electrons. The number of likely N-dealkylation sites (tertiary alicyclic amines) is 1. The Balaban J connectivity index is 1.70. The lowest BCUT2D eigenvalue weighted by molar-refractivity contribution is -0.141. The molecule has 0 saturated carbocycles. The Hall–Kier alpha value is -1.30. The highest BCUT2D eigenvalue weighted by Gasteiger charge is 2.30. The number of nitrogens with zero attached hydrogens (tertiary/aromatic N) is 1. The van der Waals surface area contributed by atoms with Crippen molar-refractivity contribution in [2.75, 3.05) is 26.2 Å². The molecule has 6 heteroatoms. The molecule has 0 aromatic rings. The number of rotatable bonds is 3. The Morgan fingerprint density at radius 2 is 2.17 bits per heavy atom. The Labute approximate surface area is 106 Å². The summed E-state index contributed by atoms with van der Waals surface area (Å²) in [6, 6.07) is -0.173. The van der Waals surface area contributed by atoms with Crippen LogP contribution in [-0.4, -0.2) is 54.4 Å². The van der Waals surface area contributed by atoms with Crippen LogP contribution in [0, 0.1) is 5.92 Å². The first-order valence-corrected chi connectivity index (χ1v) is 6.54. The molecule has 0 aromatic carbocycles. The molecule has 6 nitrogen and oxygen atoms in total. The number of carboxylic acid groups (broad SMARTS) is 1. The molecule has 2 N–H and O–H groups in total. The maximum atomic E-state index is 11.8. The topological polar surface area (TPSA) is 78.9 Å². The van der Waals surface area contributed by atoms with Gasteiger partial charge in [0.05, 0.1) is 12.0 Å². The standard InChI is InChI=1S/C12H20N2O4/c15-11(16)9-4-5-14(8-9)12(17)13-7-10-3-1-2-6-18-10/h9-10H,1-8H2,(H,13,17)(H,15,16). The van der Waals surface area contributed by atoms with Gasteiger partial charge in [-0.1, -0.05) is 0 Å². The number of carbonyl (C=O) groups is 2. The molecule has 2 aliphatic heterocycles. The van der Waals surface area contributed by atoms with Crippen molar-refractivity contribution < 1.29 is 19.4 Å². The summed E-state index contributed by atoms with van der Waals surface area (Å²) in [6.45, 7) is 2.12. The third kappa shape index (κ3) is 3.35. The summed E-state index contributed by atoms with van der Waals surface area (Å²) in [4.78, 5) is 24.2. The lowest BCUT2D eigenvalue weighted by atomic mass is 10.1. The number of nitrogens with one attached hydrogen (secondary N) is 1. The number of hydrogen-bond donors (Lipinski definition) is 2. The van der Waals surface area contributed by atoms with Gasteiger partial charge in [0.1, 0.15) is 0 Å². The van der Waals surface area contributed by atoms with Crippen LogP contribution in [0.2, 0.25) is 0 Å². The molecule has 2 atom stereocenters. The lowest BCUT2D eigenvalue weighted by Crippen LogP contribution is -2.43. The van der Waals surface area contributed by atoms with Crippen LogP contribution >= 0.6 is 0 Å². The van der Waals surface area contributed by atoms with Gasteiger partial charge in [0.2, 0.25) is 0 Å². The predicted octanol–water partition coefficient (Wildman–Crippen LogP) is 0.672. The van der Waals surface area contributed by atoms with Gasteiger partial charge in [-0.05, 0) is 25.7 Å². The van der Waals surface area contributed by atoms with Crippen LogP contribution in [0.1, 0.15) is 25.7 Å². The van der Waals surface area contributed by atoms with Crippen LogP contribution < -0.4 is 5.32 Å². The number of urea groups is 1. The molecule has 2 aliphatic rings. The number of aliphatic carboxylic acids is 1. The van der Waals surface area contributed by atoms with Gasteiger partial charge in [0.15, 0.2) is 0 Å². The Morgan fingerprint density at radius 3 is 2.78 bits per heavy atom. The third-order valence-electron chi connectivity index (χ3n) is 3.58. The molecular weight excluding hydrogens is 236 g/mol. The van der Waals surface area contributed by atoms with Crippen molar-refractivity contribution in [2.45, 2.75) is 31.8 Å². The fourth-order valence-electron chi connectivity index (χ4n) is 2.43. The summed E-state index contributed by atoms with van der Waals surface area (Å²) < 4.78 is 5.52. The SMILES string of the molecule is O=C(O)C1CCN(C(=O)NCC2CCCCO2)C1. The summed E-state index contributed by atoms with van der Waals surface area (Å²) in [5.74, 6) is -1.23. The minimum atomic E-state index is -0.819. The highest BCUT2D eigenvalue weighted by atomic mass is 16.5. The summed E-state index contributed by atoms with van der Waals surface area (Å²) in [5, 5.41) is 11.7. The molecule has 0 aromatic heterocycles. The Kier molecular flexibility index (Phi) is 4.41. The second-order valence-corrected chi connectivity index (χ2v) is 4.94. The maximum Gasteiger partial charge on any atom is 0.317 e. The summed E-state index contributed by atoms with van der Waals surface area (Å²) in [5.41, 5.74) is 0. The molecule has 2 amide bonds. The largest absolute Gasteiger partial charge is 0.481 e. The van der Waals surface area contributed by atoms with Gasteiger partial charge in [-0.15, -0.1) is 0 Å². The van der Waals surface area contributed by atoms with Gasteiger partial charge < -0.3 is 20.1 Å². The number of ether oxygens (including phenoxy) is 1. The molecule has 2 unspecified atom stereocenters. The second-order valence-electron chi connectivity index (χ2n) is 4.94. The van der Waals surface area contributed by atoms with Crippen molar-refractivity contribution in [3.63, 3.8) is 0 Å². The van der Waals surface area contributed by atoms with Crippen LogP contribution in [0.3, 0.4) is 0 Å². The Morgan fingerprint density at radius 1 is 1.33 bits per heavy atom. The van der Waals surface area contributed by atoms with E-state index in [1.54, 1.807) is 4.90 Å². The van der Waals surface area contributed by atoms with Crippen molar-refractivity contribution in [3.05, 3.63) is 0 Å². The van der Waals surface area contributed by atoms with E-state index in [2.05, 4.69) is 5.32 Å². The zero-order chi connectivity index (χ0) is 13.0. The molecule has 18 heavy (non-hydrogen) atoms. The smallest absolute Gasteiger partial charge is 0.317 e. The van der Waals surface area contributed by atoms with E-state index < -0.39 is 11.9 Å². The fraction of sp³-hybridized carbons (Fsp3) is 0.833. The molecule has 2 rings (SSSR count). The molecule has 0 bridgehead atoms. The zero-order valence-electron chi connectivity index (χ0n) is 10.4. The molecule has 0 spiro atoms. The van der Waals surface area contributed by atoms with E-state index in [0.29, 0.717) is 26.1 Å². The molecule has 2 heterocycles. The third-order valence-corrected chi connectivity index (χ3v) is 3.58. The quantitative estimate of drug-likeness (QED) is 0.778. The van der Waals surface area contributed by atoms with Gasteiger partial charge >= 0.3 is 12.0 Å². The molecule has 2 saturated heterocycles. The molecule has 2 fully saturated rings. The van der Waals surface area contributed by atoms with Crippen LogP contribution in [-0.2, 0) is 9.53 Å². The first-order valence-electron chi connectivity index (χ1n) is 6.54. The normalized spacial score (nSPS) is 28.1. The summed E-state index contributed by atoms with van der Waals surface area (Å²) in [6.07, 6.45) is 3.88. The Bertz CT molecular complexity index is 315. The second kappa shape index (κ2) is 6.04. The highest BCUT2D eigenvalue weighted by Crippen LogP contribution is 2.16. The van der Waals surface area contributed by atoms with Crippen LogP contribution in [0.25, 0.3) is 0 Å². The van der Waals surface area contributed by atoms with Gasteiger partial charge in [-0.3, -0.25) is 4.79 Å². The average Bonchev–Trinajstić information content (AvgIpc) is 2.87. The van der Waals surface area contributed by atoms with Gasteiger partial charge in [-0.2, -0.15) is 0 Å². The number of carbonyl (C=O) groups excluding carboxylic acids is 1. The molecular formula is C12H20N2O4. The number of hydrogen-bond acceptors (Lipinski definition) is 3. The van der Waals surface area contributed by atoms with Crippen molar-refractivity contribution in [1.29, 1.82) is 0 Å². The van der Waals surface area contributed by atoms with E-state index in [1.165, 1.54) is 0 Å². The maximum absolute atomic E-state index is 11.8. The van der Waals surface area contributed by atoms with Gasteiger partial charge in [-0.25, -0.2) is 4.79 Å². The monoisotopic (exact) mass is 256 g/mol. The van der Waals surface area contributed by atoms with Crippen molar-refractivity contribution >= 4 is 12.0 Å².